The molecule has 13 heteroatoms. The maximum atomic E-state index is 12.5. The molecule has 0 bridgehead atoms. The number of fused-ring (bicyclic) bond motifs is 1. The number of carbonyl (C=O) groups is 3. The molecule has 0 spiro atoms. The zero-order valence-electron chi connectivity index (χ0n) is 24.2. The molecular weight excluding hydrogens is 545 g/mol. The Bertz CT molecular complexity index is 1160. The van der Waals surface area contributed by atoms with Gasteiger partial charge >= 0.3 is 6.18 Å². The Hall–Kier alpha value is -3.61. The minimum Gasteiger partial charge on any atom is -0.392 e. The number of anilines is 1. The molecule has 0 saturated heterocycles. The summed E-state index contributed by atoms with van der Waals surface area (Å²) in [6, 6.07) is -0.356. The number of rotatable bonds is 6. The molecule has 1 unspecified atom stereocenters. The Balaban J connectivity index is 0.000000742. The van der Waals surface area contributed by atoms with Crippen molar-refractivity contribution in [2.75, 3.05) is 12.4 Å². The maximum absolute atomic E-state index is 12.5. The van der Waals surface area contributed by atoms with Crippen molar-refractivity contribution in [2.24, 2.45) is 0 Å². The highest BCUT2D eigenvalue weighted by atomic mass is 32.1. The van der Waals surface area contributed by atoms with E-state index in [1.807, 2.05) is 40.8 Å². The predicted molar refractivity (Wildman–Crippen MR) is 152 cm³/mol. The smallest absolute Gasteiger partial charge is 0.392 e. The SMILES string of the molecule is C/C=C(\C)NC.CC.CC(NC(=O)c1ncnc2c1CCC(=O)N2)c1ncc(C=O)s1.CC/C=C(\C)C(F)(F)F. The van der Waals surface area contributed by atoms with Crippen molar-refractivity contribution in [1.82, 2.24) is 25.6 Å². The molecule has 0 aromatic carbocycles. The van der Waals surface area contributed by atoms with Crippen LogP contribution in [0.4, 0.5) is 19.0 Å². The summed E-state index contributed by atoms with van der Waals surface area (Å²) in [7, 11) is 1.91. The highest BCUT2D eigenvalue weighted by molar-refractivity contribution is 7.13. The van der Waals surface area contributed by atoms with E-state index in [1.165, 1.54) is 35.6 Å². The van der Waals surface area contributed by atoms with Gasteiger partial charge < -0.3 is 16.0 Å². The van der Waals surface area contributed by atoms with Crippen LogP contribution in [0.3, 0.4) is 0 Å². The third-order valence-corrected chi connectivity index (χ3v) is 6.29. The fourth-order valence-electron chi connectivity index (χ4n) is 2.83. The van der Waals surface area contributed by atoms with Crippen LogP contribution in [0.15, 0.2) is 35.9 Å². The van der Waals surface area contributed by atoms with Crippen molar-refractivity contribution in [2.45, 2.75) is 79.9 Å². The third kappa shape index (κ3) is 12.5. The lowest BCUT2D eigenvalue weighted by molar-refractivity contribution is -0.116. The number of carbonyl (C=O) groups excluding carboxylic acids is 3. The Kier molecular flexibility index (Phi) is 17.0. The zero-order valence-corrected chi connectivity index (χ0v) is 25.0. The summed E-state index contributed by atoms with van der Waals surface area (Å²) in [6.07, 6.45) is 3.66. The van der Waals surface area contributed by atoms with Gasteiger partial charge in [0.05, 0.1) is 10.9 Å². The van der Waals surface area contributed by atoms with Crippen LogP contribution in [0.1, 0.15) is 98.1 Å². The number of halogens is 3. The Labute approximate surface area is 237 Å². The van der Waals surface area contributed by atoms with Crippen molar-refractivity contribution in [3.63, 3.8) is 0 Å². The number of hydrogen-bond donors (Lipinski definition) is 3. The number of amides is 2. The zero-order chi connectivity index (χ0) is 30.9. The Morgan fingerprint density at radius 2 is 1.85 bits per heavy atom. The van der Waals surface area contributed by atoms with E-state index in [0.29, 0.717) is 40.5 Å². The topological polar surface area (TPSA) is 126 Å². The van der Waals surface area contributed by atoms with E-state index in [1.54, 1.807) is 13.8 Å². The average Bonchev–Trinajstić information content (AvgIpc) is 3.43. The molecule has 40 heavy (non-hydrogen) atoms. The first-order valence-corrected chi connectivity index (χ1v) is 13.6. The van der Waals surface area contributed by atoms with Crippen LogP contribution in [0.5, 0.6) is 0 Å². The van der Waals surface area contributed by atoms with E-state index < -0.39 is 11.7 Å². The minimum atomic E-state index is -4.13. The number of alkyl halides is 3. The second-order valence-corrected chi connectivity index (χ2v) is 9.12. The molecule has 9 nitrogen and oxygen atoms in total. The summed E-state index contributed by atoms with van der Waals surface area (Å²) >= 11 is 1.22. The highest BCUT2D eigenvalue weighted by Gasteiger charge is 2.29. The summed E-state index contributed by atoms with van der Waals surface area (Å²) in [5, 5.41) is 9.04. The number of aromatic nitrogens is 3. The van der Waals surface area contributed by atoms with Gasteiger partial charge in [0.2, 0.25) is 5.91 Å². The molecule has 2 aromatic rings. The van der Waals surface area contributed by atoms with Gasteiger partial charge in [0.1, 0.15) is 22.8 Å². The van der Waals surface area contributed by atoms with Gasteiger partial charge in [-0.15, -0.1) is 11.3 Å². The van der Waals surface area contributed by atoms with Crippen LogP contribution in [0.2, 0.25) is 0 Å². The number of hydrogen-bond acceptors (Lipinski definition) is 8. The summed E-state index contributed by atoms with van der Waals surface area (Å²) in [5.74, 6) is -0.109. The van der Waals surface area contributed by atoms with Crippen molar-refractivity contribution in [1.29, 1.82) is 0 Å². The monoisotopic (exact) mass is 584 g/mol. The van der Waals surface area contributed by atoms with Gasteiger partial charge in [0.25, 0.3) is 5.91 Å². The van der Waals surface area contributed by atoms with E-state index in [2.05, 4.69) is 30.9 Å². The van der Waals surface area contributed by atoms with Crippen LogP contribution < -0.4 is 16.0 Å². The van der Waals surface area contributed by atoms with E-state index >= 15 is 0 Å². The molecule has 0 radical (unpaired) electrons. The molecule has 3 rings (SSSR count). The van der Waals surface area contributed by atoms with Gasteiger partial charge in [-0.1, -0.05) is 32.9 Å². The van der Waals surface area contributed by atoms with Crippen LogP contribution in [0.25, 0.3) is 0 Å². The summed E-state index contributed by atoms with van der Waals surface area (Å²) in [5.41, 5.74) is 1.58. The van der Waals surface area contributed by atoms with Gasteiger partial charge in [0, 0.05) is 36.5 Å². The lowest BCUT2D eigenvalue weighted by atomic mass is 10.0. The number of nitrogens with one attached hydrogen (secondary N) is 3. The van der Waals surface area contributed by atoms with Crippen molar-refractivity contribution in [3.05, 3.63) is 57.1 Å². The second-order valence-electron chi connectivity index (χ2n) is 8.03. The quantitative estimate of drug-likeness (QED) is 0.273. The number of allylic oxidation sites excluding steroid dienone is 4. The lowest BCUT2D eigenvalue weighted by Gasteiger charge is -2.18. The molecule has 3 heterocycles. The molecule has 1 atom stereocenters. The molecule has 0 fully saturated rings. The predicted octanol–water partition coefficient (Wildman–Crippen LogP) is 6.18. The molecule has 1 aliphatic heterocycles. The number of thiazole rings is 1. The van der Waals surface area contributed by atoms with Gasteiger partial charge in [-0.3, -0.25) is 14.4 Å². The normalized spacial score (nSPS) is 13.4. The van der Waals surface area contributed by atoms with E-state index in [4.69, 9.17) is 0 Å². The molecule has 2 aromatic heterocycles. The second kappa shape index (κ2) is 18.6. The molecule has 0 saturated carbocycles. The lowest BCUT2D eigenvalue weighted by Crippen LogP contribution is -2.30. The van der Waals surface area contributed by atoms with Crippen molar-refractivity contribution >= 4 is 35.3 Å². The largest absolute Gasteiger partial charge is 0.412 e. The van der Waals surface area contributed by atoms with Crippen LogP contribution in [-0.4, -0.2) is 46.3 Å². The standard InChI is InChI=1S/C14H13N5O3S.C6H9F3.C5H11N.C2H6/c1-7(14-15-4-8(5-20)23-14)18-13(22)11-9-2-3-10(21)19-12(9)17-6-16-11;1-3-4-5(2)6(7,8)9;1-4-5(2)6-3;1-2/h4-7H,2-3H2,1H3,(H,18,22)(H,16,17,19,21);4H,3H2,1-2H3;4,6H,1-3H3;1-2H3/b;2*5-4+;. The summed E-state index contributed by atoms with van der Waals surface area (Å²) in [4.78, 5) is 47.2. The fraction of sp³-hybridized carbons (Fsp3) is 0.481. The van der Waals surface area contributed by atoms with E-state index in [0.717, 1.165) is 13.2 Å². The van der Waals surface area contributed by atoms with Gasteiger partial charge in [-0.2, -0.15) is 13.2 Å². The Morgan fingerprint density at radius 3 is 2.30 bits per heavy atom. The van der Waals surface area contributed by atoms with Crippen LogP contribution in [-0.2, 0) is 11.2 Å². The molecule has 3 N–H and O–H groups in total. The number of nitrogens with zero attached hydrogens (tertiary/aromatic N) is 3. The van der Waals surface area contributed by atoms with Crippen molar-refractivity contribution in [3.8, 4) is 0 Å². The number of aldehydes is 1. The fourth-order valence-corrected chi connectivity index (χ4v) is 3.57. The molecule has 1 aliphatic rings. The van der Waals surface area contributed by atoms with Crippen LogP contribution in [0, 0.1) is 0 Å². The van der Waals surface area contributed by atoms with Gasteiger partial charge in [-0.05, 0) is 40.5 Å². The minimum absolute atomic E-state index is 0.125. The third-order valence-electron chi connectivity index (χ3n) is 5.18. The average molecular weight is 585 g/mol. The van der Waals surface area contributed by atoms with E-state index in [9.17, 15) is 27.6 Å². The highest BCUT2D eigenvalue weighted by Crippen LogP contribution is 2.25. The summed E-state index contributed by atoms with van der Waals surface area (Å²) in [6.45, 7) is 12.6. The molecule has 222 valence electrons. The first kappa shape index (κ1) is 36.4. The van der Waals surface area contributed by atoms with Crippen molar-refractivity contribution < 1.29 is 27.6 Å². The Morgan fingerprint density at radius 1 is 1.20 bits per heavy atom. The summed E-state index contributed by atoms with van der Waals surface area (Å²) < 4.78 is 34.7. The molecule has 2 amide bonds. The molecular formula is C27H39F3N6O3S. The maximum Gasteiger partial charge on any atom is 0.412 e. The first-order valence-electron chi connectivity index (χ1n) is 12.8. The van der Waals surface area contributed by atoms with Crippen LogP contribution >= 0.6 is 11.3 Å². The van der Waals surface area contributed by atoms with E-state index in [-0.39, 0.29) is 23.6 Å². The first-order chi connectivity index (χ1) is 18.9. The molecule has 0 aliphatic carbocycles. The van der Waals surface area contributed by atoms with Gasteiger partial charge in [0.15, 0.2) is 6.29 Å². The van der Waals surface area contributed by atoms with Gasteiger partial charge in [-0.25, -0.2) is 15.0 Å².